The number of carbonyl (C=O) groups is 1. The van der Waals surface area contributed by atoms with Crippen molar-refractivity contribution in [3.63, 3.8) is 0 Å². The average Bonchev–Trinajstić information content (AvgIpc) is 3.01. The van der Waals surface area contributed by atoms with Crippen molar-refractivity contribution in [2.75, 3.05) is 20.8 Å². The van der Waals surface area contributed by atoms with E-state index in [1.54, 1.807) is 14.2 Å². The van der Waals surface area contributed by atoms with E-state index in [0.717, 1.165) is 33.3 Å². The second-order valence-electron chi connectivity index (χ2n) is 6.55. The highest BCUT2D eigenvalue weighted by Crippen LogP contribution is 2.34. The molecule has 0 N–H and O–H groups in total. The zero-order valence-corrected chi connectivity index (χ0v) is 16.2. The number of aryl methyl sites for hydroxylation is 1. The largest absolute Gasteiger partial charge is 0.493 e. The van der Waals surface area contributed by atoms with Gasteiger partial charge in [-0.3, -0.25) is 4.79 Å². The van der Waals surface area contributed by atoms with Crippen LogP contribution in [0.25, 0.3) is 0 Å². The van der Waals surface area contributed by atoms with Gasteiger partial charge in [-0.2, -0.15) is 0 Å². The van der Waals surface area contributed by atoms with Crippen LogP contribution >= 0.6 is 11.3 Å². The van der Waals surface area contributed by atoms with Crippen molar-refractivity contribution in [2.45, 2.75) is 39.7 Å². The Morgan fingerprint density at radius 1 is 1.20 bits per heavy atom. The molecule has 0 spiro atoms. The smallest absolute Gasteiger partial charge is 0.266 e. The number of benzene rings is 1. The fourth-order valence-electron chi connectivity index (χ4n) is 3.19. The molecule has 0 fully saturated rings. The molecule has 2 heterocycles. The molecule has 1 aliphatic rings. The molecule has 0 unspecified atom stereocenters. The van der Waals surface area contributed by atoms with E-state index >= 15 is 0 Å². The molecule has 0 saturated heterocycles. The summed E-state index contributed by atoms with van der Waals surface area (Å²) in [5, 5.41) is 0.941. The highest BCUT2D eigenvalue weighted by molar-refractivity contribution is 7.13. The summed E-state index contributed by atoms with van der Waals surface area (Å²) in [6.07, 6.45) is 0.816. The number of aromatic nitrogens is 1. The third kappa shape index (κ3) is 3.35. The van der Waals surface area contributed by atoms with E-state index in [0.29, 0.717) is 18.8 Å². The SMILES string of the molecule is COc1cc2c(cc1OC)CN(C(=O)c1sc(C)nc1C(C)C)CC2. The van der Waals surface area contributed by atoms with E-state index in [1.165, 1.54) is 16.9 Å². The summed E-state index contributed by atoms with van der Waals surface area (Å²) < 4.78 is 10.8. The Balaban J connectivity index is 1.89. The maximum atomic E-state index is 13.1. The number of amides is 1. The van der Waals surface area contributed by atoms with Crippen LogP contribution in [0.15, 0.2) is 12.1 Å². The number of hydrogen-bond acceptors (Lipinski definition) is 5. The lowest BCUT2D eigenvalue weighted by Crippen LogP contribution is -2.36. The maximum Gasteiger partial charge on any atom is 0.266 e. The van der Waals surface area contributed by atoms with E-state index in [-0.39, 0.29) is 11.8 Å². The normalized spacial score (nSPS) is 13.8. The molecular formula is C19H24N2O3S. The fourth-order valence-corrected chi connectivity index (χ4v) is 4.23. The van der Waals surface area contributed by atoms with Gasteiger partial charge in [0.1, 0.15) is 4.88 Å². The number of thiazole rings is 1. The minimum Gasteiger partial charge on any atom is -0.493 e. The Morgan fingerprint density at radius 2 is 1.84 bits per heavy atom. The summed E-state index contributed by atoms with van der Waals surface area (Å²) >= 11 is 1.49. The second-order valence-corrected chi connectivity index (χ2v) is 7.76. The third-order valence-electron chi connectivity index (χ3n) is 4.51. The molecule has 0 atom stereocenters. The van der Waals surface area contributed by atoms with Gasteiger partial charge in [0.05, 0.1) is 24.9 Å². The van der Waals surface area contributed by atoms with Crippen molar-refractivity contribution in [1.82, 2.24) is 9.88 Å². The minimum absolute atomic E-state index is 0.0785. The lowest BCUT2D eigenvalue weighted by molar-refractivity contribution is 0.0737. The topological polar surface area (TPSA) is 51.7 Å². The lowest BCUT2D eigenvalue weighted by Gasteiger charge is -2.29. The lowest BCUT2D eigenvalue weighted by atomic mass is 9.98. The molecule has 0 radical (unpaired) electrons. The summed E-state index contributed by atoms with van der Waals surface area (Å²) in [6, 6.07) is 4.00. The van der Waals surface area contributed by atoms with E-state index in [1.807, 2.05) is 24.0 Å². The number of nitrogens with zero attached hydrogens (tertiary/aromatic N) is 2. The van der Waals surface area contributed by atoms with Gasteiger partial charge in [-0.05, 0) is 42.5 Å². The second kappa shape index (κ2) is 7.04. The zero-order valence-electron chi connectivity index (χ0n) is 15.4. The van der Waals surface area contributed by atoms with Crippen molar-refractivity contribution < 1.29 is 14.3 Å². The number of rotatable bonds is 4. The van der Waals surface area contributed by atoms with E-state index in [9.17, 15) is 4.79 Å². The van der Waals surface area contributed by atoms with E-state index in [2.05, 4.69) is 18.8 Å². The van der Waals surface area contributed by atoms with Gasteiger partial charge in [-0.25, -0.2) is 4.98 Å². The van der Waals surface area contributed by atoms with Crippen LogP contribution in [0.5, 0.6) is 11.5 Å². The third-order valence-corrected chi connectivity index (χ3v) is 5.48. The molecule has 5 nitrogen and oxygen atoms in total. The number of hydrogen-bond donors (Lipinski definition) is 0. The monoisotopic (exact) mass is 360 g/mol. The number of methoxy groups -OCH3 is 2. The quantitative estimate of drug-likeness (QED) is 0.832. The molecule has 0 saturated carbocycles. The predicted octanol–water partition coefficient (Wildman–Crippen LogP) is 3.79. The Bertz CT molecular complexity index is 798. The zero-order chi connectivity index (χ0) is 18.1. The first-order valence-electron chi connectivity index (χ1n) is 8.45. The first-order chi connectivity index (χ1) is 11.9. The summed E-state index contributed by atoms with van der Waals surface area (Å²) in [5.41, 5.74) is 3.24. The summed E-state index contributed by atoms with van der Waals surface area (Å²) in [6.45, 7) is 7.40. The first-order valence-corrected chi connectivity index (χ1v) is 9.26. The Labute approximate surface area is 152 Å². The minimum atomic E-state index is 0.0785. The molecule has 134 valence electrons. The van der Waals surface area contributed by atoms with Gasteiger partial charge < -0.3 is 14.4 Å². The van der Waals surface area contributed by atoms with Gasteiger partial charge in [-0.15, -0.1) is 11.3 Å². The van der Waals surface area contributed by atoms with Crippen molar-refractivity contribution in [1.29, 1.82) is 0 Å². The Hall–Kier alpha value is -2.08. The van der Waals surface area contributed by atoms with Crippen LogP contribution in [0, 0.1) is 6.92 Å². The van der Waals surface area contributed by atoms with Crippen molar-refractivity contribution >= 4 is 17.2 Å². The maximum absolute atomic E-state index is 13.1. The van der Waals surface area contributed by atoms with E-state index in [4.69, 9.17) is 9.47 Å². The molecule has 2 aromatic rings. The Kier molecular flexibility index (Phi) is 4.99. The number of ether oxygens (including phenoxy) is 2. The number of carbonyl (C=O) groups excluding carboxylic acids is 1. The van der Waals surface area contributed by atoms with Crippen LogP contribution in [-0.2, 0) is 13.0 Å². The molecule has 1 aliphatic heterocycles. The van der Waals surface area contributed by atoms with Crippen molar-refractivity contribution in [3.8, 4) is 11.5 Å². The van der Waals surface area contributed by atoms with Crippen LogP contribution < -0.4 is 9.47 Å². The molecule has 1 aromatic carbocycles. The highest BCUT2D eigenvalue weighted by Gasteiger charge is 2.27. The van der Waals surface area contributed by atoms with Gasteiger partial charge in [0.2, 0.25) is 0 Å². The summed E-state index contributed by atoms with van der Waals surface area (Å²) in [5.74, 6) is 1.76. The number of fused-ring (bicyclic) bond motifs is 1. The van der Waals surface area contributed by atoms with Crippen LogP contribution in [0.4, 0.5) is 0 Å². The molecule has 0 aliphatic carbocycles. The van der Waals surface area contributed by atoms with E-state index < -0.39 is 0 Å². The Morgan fingerprint density at radius 3 is 2.44 bits per heavy atom. The molecule has 1 amide bonds. The van der Waals surface area contributed by atoms with Gasteiger partial charge in [0.25, 0.3) is 5.91 Å². The average molecular weight is 360 g/mol. The van der Waals surface area contributed by atoms with Crippen LogP contribution in [0.2, 0.25) is 0 Å². The molecule has 25 heavy (non-hydrogen) atoms. The van der Waals surface area contributed by atoms with Gasteiger partial charge >= 0.3 is 0 Å². The van der Waals surface area contributed by atoms with Crippen molar-refractivity contribution in [2.24, 2.45) is 0 Å². The van der Waals surface area contributed by atoms with Gasteiger partial charge in [0, 0.05) is 13.1 Å². The fraction of sp³-hybridized carbons (Fsp3) is 0.474. The first kappa shape index (κ1) is 17.7. The standard InChI is InChI=1S/C19H24N2O3S/c1-11(2)17-18(25-12(3)20-17)19(22)21-7-6-13-8-15(23-4)16(24-5)9-14(13)10-21/h8-9,11H,6-7,10H2,1-5H3. The van der Waals surface area contributed by atoms with Crippen LogP contribution in [-0.4, -0.2) is 36.6 Å². The predicted molar refractivity (Wildman–Crippen MR) is 98.9 cm³/mol. The molecule has 3 rings (SSSR count). The highest BCUT2D eigenvalue weighted by atomic mass is 32.1. The molecule has 1 aromatic heterocycles. The van der Waals surface area contributed by atoms with Crippen LogP contribution in [0.1, 0.15) is 51.3 Å². The molecular weight excluding hydrogens is 336 g/mol. The molecule has 6 heteroatoms. The molecule has 0 bridgehead atoms. The van der Waals surface area contributed by atoms with Crippen molar-refractivity contribution in [3.05, 3.63) is 38.8 Å². The summed E-state index contributed by atoms with van der Waals surface area (Å²) in [7, 11) is 3.27. The summed E-state index contributed by atoms with van der Waals surface area (Å²) in [4.78, 5) is 20.3. The van der Waals surface area contributed by atoms with Crippen LogP contribution in [0.3, 0.4) is 0 Å². The van der Waals surface area contributed by atoms with Gasteiger partial charge in [-0.1, -0.05) is 13.8 Å². The van der Waals surface area contributed by atoms with Gasteiger partial charge in [0.15, 0.2) is 11.5 Å².